The second-order valence-corrected chi connectivity index (χ2v) is 4.97. The fraction of sp³-hybridized carbons (Fsp3) is 1.00. The van der Waals surface area contributed by atoms with Crippen molar-refractivity contribution in [3.63, 3.8) is 0 Å². The Hall–Kier alpha value is -0.0400. The number of hydrogen-bond donors (Lipinski definition) is 1. The molecule has 0 saturated heterocycles. The molecule has 0 aromatic carbocycles. The first-order valence-corrected chi connectivity index (χ1v) is 6.06. The molecule has 1 heteroatoms. The van der Waals surface area contributed by atoms with Crippen LogP contribution < -0.4 is 5.32 Å². The Morgan fingerprint density at radius 2 is 1.85 bits per heavy atom. The second kappa shape index (κ2) is 4.00. The highest BCUT2D eigenvalue weighted by Crippen LogP contribution is 2.43. The Kier molecular flexibility index (Phi) is 2.92. The van der Waals surface area contributed by atoms with Crippen molar-refractivity contribution in [2.24, 2.45) is 17.8 Å². The van der Waals surface area contributed by atoms with Gasteiger partial charge in [0, 0.05) is 6.04 Å². The lowest BCUT2D eigenvalue weighted by Gasteiger charge is -2.38. The van der Waals surface area contributed by atoms with E-state index >= 15 is 0 Å². The van der Waals surface area contributed by atoms with E-state index in [0.717, 1.165) is 30.3 Å². The van der Waals surface area contributed by atoms with Gasteiger partial charge in [0.15, 0.2) is 0 Å². The van der Waals surface area contributed by atoms with Gasteiger partial charge in [-0.2, -0.15) is 0 Å². The molecule has 76 valence electrons. The lowest BCUT2D eigenvalue weighted by Crippen LogP contribution is -2.44. The maximum absolute atomic E-state index is 3.71. The van der Waals surface area contributed by atoms with E-state index in [-0.39, 0.29) is 0 Å². The standard InChI is InChI=1S/C12H23N/c1-3-13-12(11-5-4-6-11)9(2)10-7-8-10/h9-13H,3-8H2,1-2H3. The summed E-state index contributed by atoms with van der Waals surface area (Å²) >= 11 is 0. The average Bonchev–Trinajstić information content (AvgIpc) is 2.81. The topological polar surface area (TPSA) is 12.0 Å². The molecule has 0 radical (unpaired) electrons. The Morgan fingerprint density at radius 3 is 2.23 bits per heavy atom. The smallest absolute Gasteiger partial charge is 0.0123 e. The van der Waals surface area contributed by atoms with Crippen LogP contribution >= 0.6 is 0 Å². The molecule has 13 heavy (non-hydrogen) atoms. The van der Waals surface area contributed by atoms with Gasteiger partial charge < -0.3 is 5.32 Å². The largest absolute Gasteiger partial charge is 0.314 e. The highest BCUT2D eigenvalue weighted by Gasteiger charge is 2.38. The molecule has 2 saturated carbocycles. The van der Waals surface area contributed by atoms with Gasteiger partial charge in [0.05, 0.1) is 0 Å². The van der Waals surface area contributed by atoms with E-state index in [1.165, 1.54) is 32.1 Å². The molecular formula is C12H23N. The number of rotatable bonds is 5. The predicted molar refractivity (Wildman–Crippen MR) is 56.7 cm³/mol. The quantitative estimate of drug-likeness (QED) is 0.687. The number of nitrogens with one attached hydrogen (secondary N) is 1. The Labute approximate surface area is 82.3 Å². The highest BCUT2D eigenvalue weighted by atomic mass is 14.9. The Bertz CT molecular complexity index is 159. The molecule has 0 heterocycles. The van der Waals surface area contributed by atoms with Crippen LogP contribution in [0.25, 0.3) is 0 Å². The van der Waals surface area contributed by atoms with Crippen LogP contribution in [-0.2, 0) is 0 Å². The van der Waals surface area contributed by atoms with Crippen molar-refractivity contribution in [1.29, 1.82) is 0 Å². The average molecular weight is 181 g/mol. The van der Waals surface area contributed by atoms with Crippen LogP contribution in [0, 0.1) is 17.8 Å². The summed E-state index contributed by atoms with van der Waals surface area (Å²) in [4.78, 5) is 0. The minimum absolute atomic E-state index is 0.839. The van der Waals surface area contributed by atoms with Gasteiger partial charge in [-0.3, -0.25) is 0 Å². The van der Waals surface area contributed by atoms with Gasteiger partial charge in [-0.25, -0.2) is 0 Å². The molecule has 0 spiro atoms. The predicted octanol–water partition coefficient (Wildman–Crippen LogP) is 2.81. The lowest BCUT2D eigenvalue weighted by molar-refractivity contribution is 0.171. The summed E-state index contributed by atoms with van der Waals surface area (Å²) in [5.41, 5.74) is 0. The monoisotopic (exact) mass is 181 g/mol. The van der Waals surface area contributed by atoms with Crippen molar-refractivity contribution in [2.45, 2.75) is 52.0 Å². The summed E-state index contributed by atoms with van der Waals surface area (Å²) in [7, 11) is 0. The van der Waals surface area contributed by atoms with Gasteiger partial charge in [-0.05, 0) is 50.0 Å². The molecule has 2 atom stereocenters. The third kappa shape index (κ3) is 2.07. The first kappa shape index (κ1) is 9.51. The molecule has 0 amide bonds. The zero-order valence-corrected chi connectivity index (χ0v) is 9.05. The molecule has 2 aliphatic rings. The zero-order chi connectivity index (χ0) is 9.26. The summed E-state index contributed by atoms with van der Waals surface area (Å²) < 4.78 is 0. The first-order valence-electron chi connectivity index (χ1n) is 6.06. The van der Waals surface area contributed by atoms with E-state index in [1.54, 1.807) is 0 Å². The maximum atomic E-state index is 3.71. The summed E-state index contributed by atoms with van der Waals surface area (Å²) in [6, 6.07) is 0.839. The van der Waals surface area contributed by atoms with E-state index < -0.39 is 0 Å². The summed E-state index contributed by atoms with van der Waals surface area (Å²) in [6.07, 6.45) is 7.43. The molecular weight excluding hydrogens is 158 g/mol. The van der Waals surface area contributed by atoms with E-state index in [2.05, 4.69) is 19.2 Å². The third-order valence-electron chi connectivity index (χ3n) is 4.03. The van der Waals surface area contributed by atoms with Gasteiger partial charge in [-0.1, -0.05) is 20.3 Å². The first-order chi connectivity index (χ1) is 6.33. The summed E-state index contributed by atoms with van der Waals surface area (Å²) in [5.74, 6) is 3.01. The van der Waals surface area contributed by atoms with Crippen LogP contribution in [0.15, 0.2) is 0 Å². The SMILES string of the molecule is CCNC(C1CCC1)C(C)C1CC1. The Morgan fingerprint density at radius 1 is 1.15 bits per heavy atom. The van der Waals surface area contributed by atoms with Crippen molar-refractivity contribution in [1.82, 2.24) is 5.32 Å². The van der Waals surface area contributed by atoms with Crippen molar-refractivity contribution < 1.29 is 0 Å². The van der Waals surface area contributed by atoms with Gasteiger partial charge in [0.2, 0.25) is 0 Å². The molecule has 2 aliphatic carbocycles. The normalized spacial score (nSPS) is 28.2. The van der Waals surface area contributed by atoms with E-state index in [9.17, 15) is 0 Å². The third-order valence-corrected chi connectivity index (χ3v) is 4.03. The molecule has 0 aromatic heterocycles. The molecule has 2 rings (SSSR count). The molecule has 2 fully saturated rings. The molecule has 1 N–H and O–H groups in total. The van der Waals surface area contributed by atoms with Crippen molar-refractivity contribution in [3.8, 4) is 0 Å². The fourth-order valence-electron chi connectivity index (χ4n) is 2.73. The fourth-order valence-corrected chi connectivity index (χ4v) is 2.73. The summed E-state index contributed by atoms with van der Waals surface area (Å²) in [5, 5.41) is 3.71. The van der Waals surface area contributed by atoms with E-state index in [4.69, 9.17) is 0 Å². The van der Waals surface area contributed by atoms with Crippen molar-refractivity contribution in [3.05, 3.63) is 0 Å². The van der Waals surface area contributed by atoms with Crippen molar-refractivity contribution in [2.75, 3.05) is 6.54 Å². The van der Waals surface area contributed by atoms with E-state index in [1.807, 2.05) is 0 Å². The van der Waals surface area contributed by atoms with Crippen molar-refractivity contribution >= 4 is 0 Å². The molecule has 0 bridgehead atoms. The van der Waals surface area contributed by atoms with Crippen LogP contribution in [0.2, 0.25) is 0 Å². The zero-order valence-electron chi connectivity index (χ0n) is 9.05. The molecule has 1 nitrogen and oxygen atoms in total. The van der Waals surface area contributed by atoms with Crippen LogP contribution in [-0.4, -0.2) is 12.6 Å². The van der Waals surface area contributed by atoms with Gasteiger partial charge in [-0.15, -0.1) is 0 Å². The van der Waals surface area contributed by atoms with Crippen LogP contribution in [0.5, 0.6) is 0 Å². The summed E-state index contributed by atoms with van der Waals surface area (Å²) in [6.45, 7) is 5.85. The van der Waals surface area contributed by atoms with Crippen LogP contribution in [0.3, 0.4) is 0 Å². The van der Waals surface area contributed by atoms with Crippen LogP contribution in [0.1, 0.15) is 46.0 Å². The molecule has 0 aromatic rings. The highest BCUT2D eigenvalue weighted by molar-refractivity contribution is 4.92. The number of hydrogen-bond acceptors (Lipinski definition) is 1. The molecule has 2 unspecified atom stereocenters. The van der Waals surface area contributed by atoms with E-state index in [0.29, 0.717) is 0 Å². The maximum Gasteiger partial charge on any atom is 0.0123 e. The molecule has 0 aliphatic heterocycles. The van der Waals surface area contributed by atoms with Crippen LogP contribution in [0.4, 0.5) is 0 Å². The lowest BCUT2D eigenvalue weighted by atomic mass is 9.74. The Balaban J connectivity index is 1.86. The minimum Gasteiger partial charge on any atom is -0.314 e. The second-order valence-electron chi connectivity index (χ2n) is 4.97. The van der Waals surface area contributed by atoms with Gasteiger partial charge in [0.25, 0.3) is 0 Å². The minimum atomic E-state index is 0.839. The van der Waals surface area contributed by atoms with Gasteiger partial charge >= 0.3 is 0 Å². The van der Waals surface area contributed by atoms with Gasteiger partial charge in [0.1, 0.15) is 0 Å².